The summed E-state index contributed by atoms with van der Waals surface area (Å²) in [5.41, 5.74) is -0.0666. The molecular formula is C25H26N6O4S5. The molecule has 6 aromatic rings. The highest BCUT2D eigenvalue weighted by atomic mass is 32.1. The van der Waals surface area contributed by atoms with Crippen LogP contribution in [0.4, 0.5) is 0 Å². The summed E-state index contributed by atoms with van der Waals surface area (Å²) in [7, 11) is 10.1. The summed E-state index contributed by atoms with van der Waals surface area (Å²) in [5, 5.41) is 6.52. The zero-order chi connectivity index (χ0) is 29.1. The Hall–Kier alpha value is -3.24. The van der Waals surface area contributed by atoms with Crippen LogP contribution >= 0.6 is 58.4 Å². The normalized spacial score (nSPS) is 10.7. The van der Waals surface area contributed by atoms with Crippen LogP contribution < -0.4 is 19.8 Å². The number of thiophene rings is 3. The molecule has 0 N–H and O–H groups in total. The number of fused-ring (bicyclic) bond motifs is 3. The number of aryl methyl sites for hydroxylation is 1. The summed E-state index contributed by atoms with van der Waals surface area (Å²) in [6.07, 6.45) is 0. The van der Waals surface area contributed by atoms with Gasteiger partial charge in [-0.1, -0.05) is 24.4 Å². The number of ether oxygens (including phenoxy) is 3. The van der Waals surface area contributed by atoms with E-state index in [1.807, 2.05) is 37.8 Å². The molecule has 210 valence electrons. The summed E-state index contributed by atoms with van der Waals surface area (Å²) >= 11 is 15.2. The van der Waals surface area contributed by atoms with Gasteiger partial charge in [-0.05, 0) is 35.9 Å². The Morgan fingerprint density at radius 1 is 0.700 bits per heavy atom. The molecule has 0 saturated carbocycles. The molecule has 0 atom stereocenters. The van der Waals surface area contributed by atoms with E-state index in [1.54, 1.807) is 59.1 Å². The lowest BCUT2D eigenvalue weighted by Gasteiger charge is -2.05. The fourth-order valence-electron chi connectivity index (χ4n) is 3.68. The average Bonchev–Trinajstić information content (AvgIpc) is 3.70. The number of hydrogen-bond donors (Lipinski definition) is 0. The fraction of sp³-hybridized carbons (Fsp3) is 0.280. The van der Waals surface area contributed by atoms with Crippen LogP contribution in [0.3, 0.4) is 0 Å². The molecule has 6 heterocycles. The van der Waals surface area contributed by atoms with Gasteiger partial charge in [-0.3, -0.25) is 18.5 Å². The van der Waals surface area contributed by atoms with Crippen molar-refractivity contribution in [3.63, 3.8) is 0 Å². The first-order valence-corrected chi connectivity index (χ1v) is 15.0. The minimum absolute atomic E-state index is 0.0666. The van der Waals surface area contributed by atoms with E-state index in [4.69, 9.17) is 38.6 Å². The number of rotatable bonds is 3. The molecule has 15 heteroatoms. The Labute approximate surface area is 251 Å². The first kappa shape index (κ1) is 29.7. The molecule has 40 heavy (non-hydrogen) atoms. The highest BCUT2D eigenvalue weighted by Gasteiger charge is 2.09. The Kier molecular flexibility index (Phi) is 9.30. The van der Waals surface area contributed by atoms with Gasteiger partial charge in [-0.2, -0.15) is 15.0 Å². The van der Waals surface area contributed by atoms with Crippen molar-refractivity contribution in [1.29, 1.82) is 0 Å². The van der Waals surface area contributed by atoms with Crippen molar-refractivity contribution in [2.24, 2.45) is 21.1 Å². The van der Waals surface area contributed by atoms with Crippen molar-refractivity contribution >= 4 is 89.1 Å². The van der Waals surface area contributed by atoms with Gasteiger partial charge in [0.05, 0.1) is 26.7 Å². The van der Waals surface area contributed by atoms with Crippen LogP contribution in [0.1, 0.15) is 4.88 Å². The van der Waals surface area contributed by atoms with Gasteiger partial charge >= 0.3 is 0 Å². The predicted molar refractivity (Wildman–Crippen MR) is 168 cm³/mol. The molecule has 0 unspecified atom stereocenters. The minimum Gasteiger partial charge on any atom is -0.468 e. The SMILES string of the molecule is COc1nc2sc(C)cc2c(=S)n1C.COc1nc2sccc2c(=O)n1C.COc1nc2sccc2c(=S)n1C. The number of nitrogens with zero attached hydrogens (tertiary/aromatic N) is 6. The van der Waals surface area contributed by atoms with Crippen molar-refractivity contribution in [1.82, 2.24) is 28.7 Å². The number of methoxy groups -OCH3 is 3. The molecule has 6 aromatic heterocycles. The highest BCUT2D eigenvalue weighted by Crippen LogP contribution is 2.26. The van der Waals surface area contributed by atoms with E-state index < -0.39 is 0 Å². The second-order valence-electron chi connectivity index (χ2n) is 8.24. The molecule has 0 aliphatic rings. The monoisotopic (exact) mass is 634 g/mol. The van der Waals surface area contributed by atoms with Crippen molar-refractivity contribution < 1.29 is 14.2 Å². The van der Waals surface area contributed by atoms with E-state index in [0.717, 1.165) is 34.5 Å². The molecule has 0 aromatic carbocycles. The second kappa shape index (κ2) is 12.5. The molecule has 0 saturated heterocycles. The summed E-state index contributed by atoms with van der Waals surface area (Å²) in [6.45, 7) is 2.05. The Balaban J connectivity index is 0.000000139. The summed E-state index contributed by atoms with van der Waals surface area (Å²) < 4.78 is 21.7. The number of hydrogen-bond acceptors (Lipinski definition) is 12. The van der Waals surface area contributed by atoms with Crippen LogP contribution in [0.25, 0.3) is 30.6 Å². The van der Waals surface area contributed by atoms with Gasteiger partial charge in [0.1, 0.15) is 23.8 Å². The van der Waals surface area contributed by atoms with Gasteiger partial charge in [0.25, 0.3) is 23.6 Å². The molecule has 0 aliphatic heterocycles. The third-order valence-electron chi connectivity index (χ3n) is 5.73. The minimum atomic E-state index is -0.0666. The quantitative estimate of drug-likeness (QED) is 0.215. The Morgan fingerprint density at radius 2 is 1.15 bits per heavy atom. The fourth-order valence-corrected chi connectivity index (χ4v) is 6.65. The zero-order valence-electron chi connectivity index (χ0n) is 22.7. The largest absolute Gasteiger partial charge is 0.468 e. The molecular weight excluding hydrogens is 609 g/mol. The van der Waals surface area contributed by atoms with Crippen LogP contribution in [0, 0.1) is 16.2 Å². The van der Waals surface area contributed by atoms with Crippen LogP contribution in [0.5, 0.6) is 18.0 Å². The first-order valence-electron chi connectivity index (χ1n) is 11.6. The van der Waals surface area contributed by atoms with Crippen LogP contribution in [0.15, 0.2) is 33.8 Å². The lowest BCUT2D eigenvalue weighted by atomic mass is 10.4. The molecule has 0 amide bonds. The maximum atomic E-state index is 11.6. The van der Waals surface area contributed by atoms with Gasteiger partial charge in [0.2, 0.25) is 0 Å². The molecule has 0 aliphatic carbocycles. The molecule has 0 fully saturated rings. The highest BCUT2D eigenvalue weighted by molar-refractivity contribution is 7.71. The van der Waals surface area contributed by atoms with Crippen molar-refractivity contribution in [2.45, 2.75) is 6.92 Å². The van der Waals surface area contributed by atoms with Crippen molar-refractivity contribution in [2.75, 3.05) is 21.3 Å². The molecule has 0 spiro atoms. The first-order chi connectivity index (χ1) is 19.1. The topological polar surface area (TPSA) is 98.2 Å². The van der Waals surface area contributed by atoms with Gasteiger partial charge in [-0.15, -0.1) is 34.0 Å². The molecule has 0 bridgehead atoms. The van der Waals surface area contributed by atoms with E-state index >= 15 is 0 Å². The third-order valence-corrected chi connectivity index (χ3v) is 9.28. The Bertz CT molecular complexity index is 1910. The molecule has 10 nitrogen and oxygen atoms in total. The van der Waals surface area contributed by atoms with Crippen LogP contribution in [0.2, 0.25) is 0 Å². The summed E-state index contributed by atoms with van der Waals surface area (Å²) in [5.74, 6) is 0. The standard InChI is InChI=1S/C9H10N2OS2.C8H8N2O2S.C8H8N2OS2/c1-5-4-6-7(14-5)10-9(12-3)11(2)8(6)13;1-10-7(11)5-3-4-13-6(5)9-8(10)12-2;1-10-7(12)5-3-4-13-6(5)9-8(10)11-2/h4H,1-3H3;2*3-4H,1-2H3. The second-order valence-corrected chi connectivity index (χ2v) is 12.0. The predicted octanol–water partition coefficient (Wildman–Crippen LogP) is 6.06. The van der Waals surface area contributed by atoms with E-state index in [1.165, 1.54) is 27.9 Å². The third kappa shape index (κ3) is 5.78. The number of aromatic nitrogens is 6. The molecule has 0 radical (unpaired) electrons. The molecule has 6 rings (SSSR count). The van der Waals surface area contributed by atoms with Gasteiger partial charge in [-0.25, -0.2) is 0 Å². The van der Waals surface area contributed by atoms with Gasteiger partial charge in [0, 0.05) is 36.8 Å². The lowest BCUT2D eigenvalue weighted by molar-refractivity contribution is 0.359. The maximum Gasteiger partial charge on any atom is 0.300 e. The van der Waals surface area contributed by atoms with E-state index in [-0.39, 0.29) is 5.56 Å². The zero-order valence-corrected chi connectivity index (χ0v) is 26.8. The van der Waals surface area contributed by atoms with Crippen molar-refractivity contribution in [3.8, 4) is 18.0 Å². The lowest BCUT2D eigenvalue weighted by Crippen LogP contribution is -2.18. The smallest absolute Gasteiger partial charge is 0.300 e. The van der Waals surface area contributed by atoms with E-state index in [2.05, 4.69) is 21.0 Å². The van der Waals surface area contributed by atoms with Crippen LogP contribution in [-0.2, 0) is 21.1 Å². The van der Waals surface area contributed by atoms with Gasteiger partial charge < -0.3 is 14.2 Å². The summed E-state index contributed by atoms with van der Waals surface area (Å²) in [6, 6.07) is 7.28. The van der Waals surface area contributed by atoms with Gasteiger partial charge in [0.15, 0.2) is 0 Å². The van der Waals surface area contributed by atoms with Crippen LogP contribution in [-0.4, -0.2) is 50.0 Å². The maximum absolute atomic E-state index is 11.6. The van der Waals surface area contributed by atoms with E-state index in [0.29, 0.717) is 23.4 Å². The Morgan fingerprint density at radius 3 is 1.70 bits per heavy atom. The van der Waals surface area contributed by atoms with Crippen molar-refractivity contribution in [3.05, 3.63) is 53.5 Å². The summed E-state index contributed by atoms with van der Waals surface area (Å²) in [4.78, 5) is 28.3. The van der Waals surface area contributed by atoms with E-state index in [9.17, 15) is 4.79 Å². The average molecular weight is 635 g/mol.